The zero-order chi connectivity index (χ0) is 16.8. The number of carbonyl (C=O) groups excluding carboxylic acids is 1. The molecule has 3 heterocycles. The van der Waals surface area contributed by atoms with Crippen molar-refractivity contribution < 1.29 is 9.90 Å². The van der Waals surface area contributed by atoms with Crippen LogP contribution >= 0.6 is 0 Å². The van der Waals surface area contributed by atoms with Crippen molar-refractivity contribution >= 4 is 11.7 Å². The molecule has 3 rings (SSSR count). The maximum Gasteiger partial charge on any atom is 0.220 e. The van der Waals surface area contributed by atoms with Crippen molar-refractivity contribution in [3.05, 3.63) is 48.7 Å². The van der Waals surface area contributed by atoms with E-state index >= 15 is 0 Å². The molecule has 1 aliphatic rings. The maximum atomic E-state index is 12.0. The summed E-state index contributed by atoms with van der Waals surface area (Å²) in [4.78, 5) is 26.3. The largest absolute Gasteiger partial charge is 0.386 e. The smallest absolute Gasteiger partial charge is 0.220 e. The first-order valence-corrected chi connectivity index (χ1v) is 8.04. The Morgan fingerprint density at radius 2 is 2.17 bits per heavy atom. The van der Waals surface area contributed by atoms with E-state index in [1.165, 1.54) is 0 Å². The SMILES string of the molecule is O=C(CCc1cccnc1)NC[C@]1(O)CCN(c2cnccn2)C1. The third kappa shape index (κ3) is 4.26. The predicted octanol–water partition coefficient (Wildman–Crippen LogP) is 0.562. The Balaban J connectivity index is 1.45. The summed E-state index contributed by atoms with van der Waals surface area (Å²) in [6.45, 7) is 1.38. The lowest BCUT2D eigenvalue weighted by Gasteiger charge is -2.24. The van der Waals surface area contributed by atoms with Gasteiger partial charge in [-0.1, -0.05) is 6.07 Å². The third-order valence-electron chi connectivity index (χ3n) is 4.18. The van der Waals surface area contributed by atoms with Gasteiger partial charge in [0.25, 0.3) is 0 Å². The van der Waals surface area contributed by atoms with Gasteiger partial charge >= 0.3 is 0 Å². The number of aryl methyl sites for hydroxylation is 1. The molecule has 24 heavy (non-hydrogen) atoms. The second-order valence-corrected chi connectivity index (χ2v) is 6.10. The number of amides is 1. The molecule has 1 fully saturated rings. The summed E-state index contributed by atoms with van der Waals surface area (Å²) in [5, 5.41) is 13.5. The summed E-state index contributed by atoms with van der Waals surface area (Å²) >= 11 is 0. The number of rotatable bonds is 6. The molecule has 1 atom stereocenters. The molecule has 0 bridgehead atoms. The Bertz CT molecular complexity index is 667. The molecule has 126 valence electrons. The number of aliphatic hydroxyl groups is 1. The Morgan fingerprint density at radius 3 is 2.92 bits per heavy atom. The van der Waals surface area contributed by atoms with E-state index in [2.05, 4.69) is 20.3 Å². The van der Waals surface area contributed by atoms with Crippen LogP contribution in [0.5, 0.6) is 0 Å². The quantitative estimate of drug-likeness (QED) is 0.806. The zero-order valence-electron chi connectivity index (χ0n) is 13.4. The molecule has 0 radical (unpaired) electrons. The van der Waals surface area contributed by atoms with E-state index in [1.54, 1.807) is 31.0 Å². The molecule has 1 amide bonds. The van der Waals surface area contributed by atoms with Crippen LogP contribution < -0.4 is 10.2 Å². The molecule has 7 heteroatoms. The molecule has 2 aromatic heterocycles. The fraction of sp³-hybridized carbons (Fsp3) is 0.412. The molecule has 0 saturated carbocycles. The Morgan fingerprint density at radius 1 is 1.29 bits per heavy atom. The van der Waals surface area contributed by atoms with Gasteiger partial charge in [-0.3, -0.25) is 14.8 Å². The standard InChI is InChI=1S/C17H21N5O2/c23-16(4-3-14-2-1-6-18-10-14)21-12-17(24)5-9-22(13-17)15-11-19-7-8-20-15/h1-2,6-8,10-11,24H,3-5,9,12-13H2,(H,21,23)/t17-/m1/s1. The van der Waals surface area contributed by atoms with Crippen molar-refractivity contribution in [1.82, 2.24) is 20.3 Å². The first kappa shape index (κ1) is 16.3. The topological polar surface area (TPSA) is 91.2 Å². The minimum Gasteiger partial charge on any atom is -0.386 e. The fourth-order valence-corrected chi connectivity index (χ4v) is 2.81. The van der Waals surface area contributed by atoms with Gasteiger partial charge in [0.15, 0.2) is 0 Å². The molecule has 0 aliphatic carbocycles. The van der Waals surface area contributed by atoms with Crippen LogP contribution in [0.4, 0.5) is 5.82 Å². The second kappa shape index (κ2) is 7.35. The summed E-state index contributed by atoms with van der Waals surface area (Å²) in [6.07, 6.45) is 10.0. The van der Waals surface area contributed by atoms with Gasteiger partial charge in [-0.05, 0) is 24.5 Å². The lowest BCUT2D eigenvalue weighted by Crippen LogP contribution is -2.45. The number of β-amino-alcohol motifs (C(OH)–C–C–N with tert-alkyl or cyclic N) is 1. The molecule has 0 spiro atoms. The summed E-state index contributed by atoms with van der Waals surface area (Å²) in [5.74, 6) is 0.682. The van der Waals surface area contributed by atoms with Crippen LogP contribution in [0.1, 0.15) is 18.4 Å². The number of hydrogen-bond donors (Lipinski definition) is 2. The van der Waals surface area contributed by atoms with Crippen LogP contribution in [0.15, 0.2) is 43.1 Å². The summed E-state index contributed by atoms with van der Waals surface area (Å²) in [5.41, 5.74) is 0.0997. The summed E-state index contributed by atoms with van der Waals surface area (Å²) < 4.78 is 0. The zero-order valence-corrected chi connectivity index (χ0v) is 13.4. The maximum absolute atomic E-state index is 12.0. The van der Waals surface area contributed by atoms with Gasteiger partial charge in [-0.25, -0.2) is 4.98 Å². The molecule has 2 aromatic rings. The fourth-order valence-electron chi connectivity index (χ4n) is 2.81. The van der Waals surface area contributed by atoms with Gasteiger partial charge in [-0.15, -0.1) is 0 Å². The highest BCUT2D eigenvalue weighted by atomic mass is 16.3. The lowest BCUT2D eigenvalue weighted by atomic mass is 10.0. The van der Waals surface area contributed by atoms with Crippen molar-refractivity contribution in [3.63, 3.8) is 0 Å². The number of carbonyl (C=O) groups is 1. The highest BCUT2D eigenvalue weighted by Crippen LogP contribution is 2.24. The molecule has 0 unspecified atom stereocenters. The van der Waals surface area contributed by atoms with E-state index in [0.717, 1.165) is 11.4 Å². The number of nitrogens with one attached hydrogen (secondary N) is 1. The van der Waals surface area contributed by atoms with Gasteiger partial charge < -0.3 is 15.3 Å². The number of nitrogens with zero attached hydrogens (tertiary/aromatic N) is 4. The van der Waals surface area contributed by atoms with E-state index in [1.807, 2.05) is 17.0 Å². The van der Waals surface area contributed by atoms with Crippen molar-refractivity contribution in [2.24, 2.45) is 0 Å². The van der Waals surface area contributed by atoms with Crippen molar-refractivity contribution in [2.75, 3.05) is 24.5 Å². The van der Waals surface area contributed by atoms with Crippen LogP contribution in [-0.2, 0) is 11.2 Å². The van der Waals surface area contributed by atoms with Gasteiger partial charge in [0.05, 0.1) is 6.20 Å². The van der Waals surface area contributed by atoms with E-state index in [0.29, 0.717) is 32.4 Å². The van der Waals surface area contributed by atoms with Crippen LogP contribution in [0.3, 0.4) is 0 Å². The van der Waals surface area contributed by atoms with Crippen LogP contribution in [0.2, 0.25) is 0 Å². The highest BCUT2D eigenvalue weighted by molar-refractivity contribution is 5.76. The van der Waals surface area contributed by atoms with E-state index < -0.39 is 5.60 Å². The molecule has 0 aromatic carbocycles. The molecular formula is C17H21N5O2. The highest BCUT2D eigenvalue weighted by Gasteiger charge is 2.36. The third-order valence-corrected chi connectivity index (χ3v) is 4.18. The van der Waals surface area contributed by atoms with Crippen LogP contribution in [-0.4, -0.2) is 51.2 Å². The molecule has 7 nitrogen and oxygen atoms in total. The van der Waals surface area contributed by atoms with Gasteiger partial charge in [-0.2, -0.15) is 0 Å². The number of pyridine rings is 1. The normalized spacial score (nSPS) is 20.1. The molecule has 2 N–H and O–H groups in total. The van der Waals surface area contributed by atoms with Crippen molar-refractivity contribution in [1.29, 1.82) is 0 Å². The first-order chi connectivity index (χ1) is 11.6. The monoisotopic (exact) mass is 327 g/mol. The predicted molar refractivity (Wildman–Crippen MR) is 89.4 cm³/mol. The lowest BCUT2D eigenvalue weighted by molar-refractivity contribution is -0.122. The average molecular weight is 327 g/mol. The van der Waals surface area contributed by atoms with E-state index in [9.17, 15) is 9.90 Å². The van der Waals surface area contributed by atoms with Crippen LogP contribution in [0, 0.1) is 0 Å². The number of aromatic nitrogens is 3. The minimum atomic E-state index is -0.929. The summed E-state index contributed by atoms with van der Waals surface area (Å²) in [6, 6.07) is 3.80. The van der Waals surface area contributed by atoms with E-state index in [-0.39, 0.29) is 12.5 Å². The molecular weight excluding hydrogens is 306 g/mol. The second-order valence-electron chi connectivity index (χ2n) is 6.10. The van der Waals surface area contributed by atoms with Crippen molar-refractivity contribution in [3.8, 4) is 0 Å². The van der Waals surface area contributed by atoms with Crippen molar-refractivity contribution in [2.45, 2.75) is 24.9 Å². The number of hydrogen-bond acceptors (Lipinski definition) is 6. The van der Waals surface area contributed by atoms with Gasteiger partial charge in [0.2, 0.25) is 5.91 Å². The first-order valence-electron chi connectivity index (χ1n) is 8.04. The Kier molecular flexibility index (Phi) is 5.00. The minimum absolute atomic E-state index is 0.0646. The molecule has 1 aliphatic heterocycles. The molecule has 1 saturated heterocycles. The van der Waals surface area contributed by atoms with E-state index in [4.69, 9.17) is 0 Å². The Hall–Kier alpha value is -2.54. The van der Waals surface area contributed by atoms with Gasteiger partial charge in [0, 0.05) is 50.8 Å². The van der Waals surface area contributed by atoms with Gasteiger partial charge in [0.1, 0.15) is 11.4 Å². The van der Waals surface area contributed by atoms with Crippen LogP contribution in [0.25, 0.3) is 0 Å². The Labute approximate surface area is 140 Å². The number of anilines is 1. The summed E-state index contributed by atoms with van der Waals surface area (Å²) in [7, 11) is 0. The average Bonchev–Trinajstić information content (AvgIpc) is 3.03.